The summed E-state index contributed by atoms with van der Waals surface area (Å²) in [6.45, 7) is 2.53. The van der Waals surface area contributed by atoms with E-state index in [2.05, 4.69) is 6.07 Å². The number of methoxy groups -OCH3 is 2. The number of aliphatic hydroxyl groups is 1. The van der Waals surface area contributed by atoms with Gasteiger partial charge in [-0.05, 0) is 29.7 Å². The topological polar surface area (TPSA) is 38.7 Å². The quantitative estimate of drug-likeness (QED) is 0.884. The van der Waals surface area contributed by atoms with Crippen LogP contribution in [-0.4, -0.2) is 19.3 Å². The molecule has 0 heterocycles. The van der Waals surface area contributed by atoms with Crippen LogP contribution in [0, 0.1) is 6.92 Å². The van der Waals surface area contributed by atoms with Crippen molar-refractivity contribution in [1.29, 1.82) is 0 Å². The van der Waals surface area contributed by atoms with Crippen molar-refractivity contribution in [2.24, 2.45) is 0 Å². The standard InChI is InChI=1S/C18H22O3/c1-13-8-9-18(21-3)15(10-13)11-17(19)16-7-5-4-6-14(16)12-20-2/h4-10,17,19H,11-12H2,1-3H3. The van der Waals surface area contributed by atoms with Gasteiger partial charge >= 0.3 is 0 Å². The summed E-state index contributed by atoms with van der Waals surface area (Å²) < 4.78 is 10.6. The molecule has 0 saturated carbocycles. The minimum absolute atomic E-state index is 0.498. The zero-order chi connectivity index (χ0) is 15.2. The van der Waals surface area contributed by atoms with E-state index in [0.29, 0.717) is 13.0 Å². The van der Waals surface area contributed by atoms with Crippen molar-refractivity contribution < 1.29 is 14.6 Å². The second-order valence-corrected chi connectivity index (χ2v) is 5.17. The summed E-state index contributed by atoms with van der Waals surface area (Å²) in [5.41, 5.74) is 4.09. The molecule has 0 amide bonds. The van der Waals surface area contributed by atoms with Crippen LogP contribution in [0.5, 0.6) is 5.75 Å². The molecule has 2 rings (SSSR count). The van der Waals surface area contributed by atoms with Crippen molar-refractivity contribution in [3.8, 4) is 5.75 Å². The van der Waals surface area contributed by atoms with Gasteiger partial charge in [0.15, 0.2) is 0 Å². The molecule has 0 radical (unpaired) electrons. The minimum atomic E-state index is -0.577. The van der Waals surface area contributed by atoms with Crippen LogP contribution >= 0.6 is 0 Å². The van der Waals surface area contributed by atoms with Crippen LogP contribution in [0.4, 0.5) is 0 Å². The van der Waals surface area contributed by atoms with Crippen molar-refractivity contribution in [3.05, 3.63) is 64.7 Å². The fourth-order valence-corrected chi connectivity index (χ4v) is 2.53. The van der Waals surface area contributed by atoms with Crippen molar-refractivity contribution in [2.45, 2.75) is 26.1 Å². The van der Waals surface area contributed by atoms with Gasteiger partial charge in [0.05, 0.1) is 19.8 Å². The van der Waals surface area contributed by atoms with Crippen molar-refractivity contribution in [3.63, 3.8) is 0 Å². The van der Waals surface area contributed by atoms with E-state index in [1.54, 1.807) is 14.2 Å². The largest absolute Gasteiger partial charge is 0.496 e. The zero-order valence-corrected chi connectivity index (χ0v) is 12.8. The van der Waals surface area contributed by atoms with Gasteiger partial charge in [0.25, 0.3) is 0 Å². The molecule has 3 nitrogen and oxygen atoms in total. The Morgan fingerprint density at radius 1 is 1.05 bits per heavy atom. The summed E-state index contributed by atoms with van der Waals surface area (Å²) in [7, 11) is 3.31. The van der Waals surface area contributed by atoms with Gasteiger partial charge in [-0.25, -0.2) is 0 Å². The molecule has 1 atom stereocenters. The lowest BCUT2D eigenvalue weighted by atomic mass is 9.96. The highest BCUT2D eigenvalue weighted by Gasteiger charge is 2.15. The highest BCUT2D eigenvalue weighted by molar-refractivity contribution is 5.39. The lowest BCUT2D eigenvalue weighted by molar-refractivity contribution is 0.161. The number of rotatable bonds is 6. The molecule has 0 aliphatic heterocycles. The summed E-state index contributed by atoms with van der Waals surface area (Å²) >= 11 is 0. The first-order valence-electron chi connectivity index (χ1n) is 7.04. The predicted molar refractivity (Wildman–Crippen MR) is 83.5 cm³/mol. The van der Waals surface area contributed by atoms with Gasteiger partial charge in [-0.15, -0.1) is 0 Å². The van der Waals surface area contributed by atoms with Crippen LogP contribution in [0.25, 0.3) is 0 Å². The molecule has 0 bridgehead atoms. The monoisotopic (exact) mass is 286 g/mol. The molecule has 2 aromatic rings. The molecule has 0 aromatic heterocycles. The normalized spacial score (nSPS) is 12.2. The fraction of sp³-hybridized carbons (Fsp3) is 0.333. The first-order valence-corrected chi connectivity index (χ1v) is 7.04. The van der Waals surface area contributed by atoms with Crippen LogP contribution in [0.3, 0.4) is 0 Å². The zero-order valence-electron chi connectivity index (χ0n) is 12.8. The van der Waals surface area contributed by atoms with Crippen molar-refractivity contribution in [1.82, 2.24) is 0 Å². The average molecular weight is 286 g/mol. The smallest absolute Gasteiger partial charge is 0.122 e. The number of hydrogen-bond acceptors (Lipinski definition) is 3. The molecule has 21 heavy (non-hydrogen) atoms. The lowest BCUT2D eigenvalue weighted by Gasteiger charge is -2.17. The molecule has 0 aliphatic carbocycles. The van der Waals surface area contributed by atoms with E-state index in [1.165, 1.54) is 0 Å². The van der Waals surface area contributed by atoms with Gasteiger partial charge in [-0.3, -0.25) is 0 Å². The highest BCUT2D eigenvalue weighted by Crippen LogP contribution is 2.27. The second kappa shape index (κ2) is 7.25. The number of aliphatic hydroxyl groups excluding tert-OH is 1. The Balaban J connectivity index is 2.26. The van der Waals surface area contributed by atoms with Crippen molar-refractivity contribution >= 4 is 0 Å². The van der Waals surface area contributed by atoms with E-state index in [-0.39, 0.29) is 0 Å². The summed E-state index contributed by atoms with van der Waals surface area (Å²) in [5.74, 6) is 0.809. The number of hydrogen-bond donors (Lipinski definition) is 1. The second-order valence-electron chi connectivity index (χ2n) is 5.17. The Bertz CT molecular complexity index is 593. The first kappa shape index (κ1) is 15.5. The summed E-state index contributed by atoms with van der Waals surface area (Å²) in [4.78, 5) is 0. The molecule has 0 aliphatic rings. The number of ether oxygens (including phenoxy) is 2. The molecule has 2 aromatic carbocycles. The fourth-order valence-electron chi connectivity index (χ4n) is 2.53. The Morgan fingerprint density at radius 3 is 2.52 bits per heavy atom. The van der Waals surface area contributed by atoms with Gasteiger partial charge < -0.3 is 14.6 Å². The Kier molecular flexibility index (Phi) is 5.37. The Hall–Kier alpha value is -1.84. The average Bonchev–Trinajstić information content (AvgIpc) is 2.48. The third kappa shape index (κ3) is 3.84. The molecule has 0 fully saturated rings. The van der Waals surface area contributed by atoms with Gasteiger partial charge in [0.1, 0.15) is 5.75 Å². The molecule has 1 N–H and O–H groups in total. The third-order valence-corrected chi connectivity index (χ3v) is 3.56. The Morgan fingerprint density at radius 2 is 1.81 bits per heavy atom. The number of aryl methyl sites for hydroxylation is 1. The van der Waals surface area contributed by atoms with E-state index in [4.69, 9.17) is 9.47 Å². The van der Waals surface area contributed by atoms with Crippen molar-refractivity contribution in [2.75, 3.05) is 14.2 Å². The first-order chi connectivity index (χ1) is 10.2. The summed E-state index contributed by atoms with van der Waals surface area (Å²) in [5, 5.41) is 10.6. The van der Waals surface area contributed by atoms with E-state index >= 15 is 0 Å². The SMILES string of the molecule is COCc1ccccc1C(O)Cc1cc(C)ccc1OC. The van der Waals surface area contributed by atoms with E-state index in [1.807, 2.05) is 43.3 Å². The minimum Gasteiger partial charge on any atom is -0.496 e. The lowest BCUT2D eigenvalue weighted by Crippen LogP contribution is -2.07. The van der Waals surface area contributed by atoms with Gasteiger partial charge in [0.2, 0.25) is 0 Å². The molecule has 112 valence electrons. The molecular weight excluding hydrogens is 264 g/mol. The molecule has 3 heteroatoms. The summed E-state index contributed by atoms with van der Waals surface area (Å²) in [6.07, 6.45) is -0.0574. The van der Waals surface area contributed by atoms with Gasteiger partial charge in [-0.2, -0.15) is 0 Å². The summed E-state index contributed by atoms with van der Waals surface area (Å²) in [6, 6.07) is 13.8. The number of benzene rings is 2. The molecule has 0 spiro atoms. The van der Waals surface area contributed by atoms with Crippen LogP contribution < -0.4 is 4.74 Å². The maximum atomic E-state index is 10.6. The molecule has 1 unspecified atom stereocenters. The van der Waals surface area contributed by atoms with Crippen LogP contribution in [-0.2, 0) is 17.8 Å². The van der Waals surface area contributed by atoms with Crippen LogP contribution in [0.15, 0.2) is 42.5 Å². The van der Waals surface area contributed by atoms with Gasteiger partial charge in [-0.1, -0.05) is 42.0 Å². The maximum absolute atomic E-state index is 10.6. The van der Waals surface area contributed by atoms with Crippen LogP contribution in [0.1, 0.15) is 28.4 Å². The molecule has 0 saturated heterocycles. The predicted octanol–water partition coefficient (Wildman–Crippen LogP) is 3.43. The van der Waals surface area contributed by atoms with E-state index in [0.717, 1.165) is 28.0 Å². The van der Waals surface area contributed by atoms with E-state index < -0.39 is 6.10 Å². The highest BCUT2D eigenvalue weighted by atomic mass is 16.5. The Labute approximate surface area is 126 Å². The maximum Gasteiger partial charge on any atom is 0.122 e. The van der Waals surface area contributed by atoms with E-state index in [9.17, 15) is 5.11 Å². The molecular formula is C18H22O3. The van der Waals surface area contributed by atoms with Gasteiger partial charge in [0, 0.05) is 13.5 Å². The van der Waals surface area contributed by atoms with Crippen LogP contribution in [0.2, 0.25) is 0 Å². The third-order valence-electron chi connectivity index (χ3n) is 3.56.